The van der Waals surface area contributed by atoms with E-state index in [0.717, 1.165) is 0 Å². The summed E-state index contributed by atoms with van der Waals surface area (Å²) < 4.78 is 0. The molecule has 0 saturated heterocycles. The number of hydrogen-bond donors (Lipinski definition) is 0. The van der Waals surface area contributed by atoms with Crippen molar-refractivity contribution in [1.29, 1.82) is 5.26 Å². The van der Waals surface area contributed by atoms with Crippen molar-refractivity contribution in [2.45, 2.75) is 18.4 Å². The number of Topliss-reactive ketones (excluding diaryl/α,β-unsaturated/α-hetero) is 1. The Kier molecular flexibility index (Phi) is 2.99. The monoisotopic (exact) mass is 246 g/mol. The van der Waals surface area contributed by atoms with E-state index in [9.17, 15) is 4.79 Å². The molecule has 1 aromatic rings. The second-order valence-corrected chi connectivity index (χ2v) is 4.09. The van der Waals surface area contributed by atoms with Crippen LogP contribution in [-0.4, -0.2) is 11.8 Å². The summed E-state index contributed by atoms with van der Waals surface area (Å²) in [7, 11) is 0. The highest BCUT2D eigenvalue weighted by Gasteiger charge is 2.39. The van der Waals surface area contributed by atoms with Crippen LogP contribution in [0.1, 0.15) is 28.3 Å². The third-order valence-corrected chi connectivity index (χ3v) is 3.15. The summed E-state index contributed by atoms with van der Waals surface area (Å²) in [5, 5.41) is 8.94. The van der Waals surface area contributed by atoms with Crippen molar-refractivity contribution in [3.63, 3.8) is 0 Å². The van der Waals surface area contributed by atoms with Gasteiger partial charge in [0.05, 0.1) is 19.1 Å². The smallest absolute Gasteiger partial charge is 0.297 e. The average Bonchev–Trinajstić information content (AvgIpc) is 2.75. The molecule has 0 amide bonds. The maximum absolute atomic E-state index is 11.9. The van der Waals surface area contributed by atoms with Crippen LogP contribution < -0.4 is 0 Å². The number of nitriles is 1. The number of carbonyl (C=O) groups excluding carboxylic acids is 1. The fourth-order valence-corrected chi connectivity index (χ4v) is 2.23. The highest BCUT2D eigenvalue weighted by atomic mass is 16.1. The van der Waals surface area contributed by atoms with Crippen LogP contribution in [0.3, 0.4) is 0 Å². The minimum atomic E-state index is -0.928. The molecule has 1 aliphatic carbocycles. The van der Waals surface area contributed by atoms with E-state index < -0.39 is 12.0 Å². The number of ketones is 1. The molecule has 0 saturated carbocycles. The van der Waals surface area contributed by atoms with E-state index in [4.69, 9.17) is 25.0 Å². The molecule has 0 bridgehead atoms. The number of hydrogen-bond acceptors (Lipinski definition) is 2. The van der Waals surface area contributed by atoms with Gasteiger partial charge in [-0.1, -0.05) is 12.1 Å². The minimum absolute atomic E-state index is 0.0921. The summed E-state index contributed by atoms with van der Waals surface area (Å²) in [4.78, 5) is 21.6. The molecule has 2 atom stereocenters. The normalized spacial score (nSPS) is 17.5. The molecule has 2 unspecified atom stereocenters. The van der Waals surface area contributed by atoms with E-state index >= 15 is 0 Å². The lowest BCUT2D eigenvalue weighted by Crippen LogP contribution is -2.10. The van der Waals surface area contributed by atoms with Crippen molar-refractivity contribution in [2.75, 3.05) is 0 Å². The predicted molar refractivity (Wildman–Crippen MR) is 66.7 cm³/mol. The lowest BCUT2D eigenvalue weighted by molar-refractivity contribution is 0.0988. The molecule has 0 radical (unpaired) electrons. The Bertz CT molecular complexity index is 723. The molecule has 5 nitrogen and oxygen atoms in total. The Morgan fingerprint density at radius 3 is 2.42 bits per heavy atom. The highest BCUT2D eigenvalue weighted by Crippen LogP contribution is 2.42. The van der Waals surface area contributed by atoms with E-state index in [1.807, 2.05) is 6.07 Å². The fraction of sp³-hybridized carbons (Fsp3) is 0.214. The van der Waals surface area contributed by atoms with Crippen LogP contribution >= 0.6 is 0 Å². The van der Waals surface area contributed by atoms with Crippen LogP contribution in [0.15, 0.2) is 12.1 Å². The number of nitrogens with zero attached hydrogens (tertiary/aromatic N) is 4. The van der Waals surface area contributed by atoms with Gasteiger partial charge in [0, 0.05) is 12.0 Å². The number of carbonyl (C=O) groups is 1. The maximum Gasteiger partial charge on any atom is 0.314 e. The first kappa shape index (κ1) is 12.3. The number of rotatable bonds is 1. The molecular weight excluding hydrogens is 240 g/mol. The van der Waals surface area contributed by atoms with E-state index in [1.54, 1.807) is 0 Å². The van der Waals surface area contributed by atoms with E-state index in [-0.39, 0.29) is 23.6 Å². The molecule has 88 valence electrons. The molecule has 0 aromatic heterocycles. The Labute approximate surface area is 110 Å². The van der Waals surface area contributed by atoms with E-state index in [1.165, 1.54) is 12.1 Å². The first-order chi connectivity index (χ1) is 9.15. The molecule has 19 heavy (non-hydrogen) atoms. The average molecular weight is 246 g/mol. The van der Waals surface area contributed by atoms with Crippen LogP contribution in [0.2, 0.25) is 0 Å². The number of fused-ring (bicyclic) bond motifs is 1. The summed E-state index contributed by atoms with van der Waals surface area (Å²) in [6, 6.07) is 3.82. The largest absolute Gasteiger partial charge is 0.314 e. The summed E-state index contributed by atoms with van der Waals surface area (Å²) in [6.07, 6.45) is 0.0921. The standard InChI is InChI=1S/C14H6N4O/c1-16-11-4-8-9(13(7-15)18-3)6-14(19)10(8)5-12(11)17-2/h4-5,9,13H,6H2. The van der Waals surface area contributed by atoms with Crippen LogP contribution in [-0.2, 0) is 0 Å². The van der Waals surface area contributed by atoms with Crippen molar-refractivity contribution in [3.8, 4) is 6.07 Å². The van der Waals surface area contributed by atoms with Crippen LogP contribution in [0.25, 0.3) is 14.5 Å². The van der Waals surface area contributed by atoms with Crippen LogP contribution in [0.5, 0.6) is 0 Å². The topological polar surface area (TPSA) is 53.9 Å². The molecule has 1 aliphatic rings. The lowest BCUT2D eigenvalue weighted by atomic mass is 9.94. The zero-order valence-corrected chi connectivity index (χ0v) is 9.71. The summed E-state index contributed by atoms with van der Waals surface area (Å²) in [5.74, 6) is -0.671. The molecule has 1 aromatic carbocycles. The molecule has 0 fully saturated rings. The van der Waals surface area contributed by atoms with Crippen molar-refractivity contribution in [1.82, 2.24) is 0 Å². The van der Waals surface area contributed by atoms with Gasteiger partial charge in [0.25, 0.3) is 0 Å². The third kappa shape index (κ3) is 1.81. The molecule has 0 heterocycles. The molecule has 0 aliphatic heterocycles. The first-order valence-corrected chi connectivity index (χ1v) is 5.38. The van der Waals surface area contributed by atoms with Gasteiger partial charge < -0.3 is 0 Å². The Morgan fingerprint density at radius 2 is 1.89 bits per heavy atom. The lowest BCUT2D eigenvalue weighted by Gasteiger charge is -2.08. The van der Waals surface area contributed by atoms with Gasteiger partial charge in [-0.05, 0) is 5.56 Å². The summed E-state index contributed by atoms with van der Waals surface area (Å²) in [5.41, 5.74) is 1.22. The van der Waals surface area contributed by atoms with Gasteiger partial charge in [0.1, 0.15) is 0 Å². The van der Waals surface area contributed by atoms with Crippen LogP contribution in [0, 0.1) is 31.0 Å². The maximum atomic E-state index is 11.9. The summed E-state index contributed by atoms with van der Waals surface area (Å²) >= 11 is 0. The molecular formula is C14H6N4O. The van der Waals surface area contributed by atoms with Gasteiger partial charge in [-0.25, -0.2) is 6.57 Å². The van der Waals surface area contributed by atoms with Crippen molar-refractivity contribution in [3.05, 3.63) is 57.5 Å². The van der Waals surface area contributed by atoms with Gasteiger partial charge in [-0.3, -0.25) is 19.3 Å². The zero-order valence-electron chi connectivity index (χ0n) is 9.71. The van der Waals surface area contributed by atoms with Gasteiger partial charge >= 0.3 is 6.04 Å². The van der Waals surface area contributed by atoms with Crippen molar-refractivity contribution in [2.24, 2.45) is 0 Å². The first-order valence-electron chi connectivity index (χ1n) is 5.38. The fourth-order valence-electron chi connectivity index (χ4n) is 2.23. The second kappa shape index (κ2) is 4.61. The minimum Gasteiger partial charge on any atom is -0.297 e. The van der Waals surface area contributed by atoms with E-state index in [2.05, 4.69) is 14.5 Å². The molecule has 0 spiro atoms. The van der Waals surface area contributed by atoms with Crippen LogP contribution in [0.4, 0.5) is 11.4 Å². The zero-order chi connectivity index (χ0) is 14.0. The number of benzene rings is 1. The molecule has 5 heteroatoms. The SMILES string of the molecule is [C-]#[N+]c1cc2c(cc1[N+]#[C-])C(C(C#N)[N+]#[C-])CC2=O. The van der Waals surface area contributed by atoms with Gasteiger partial charge in [-0.2, -0.15) is 5.26 Å². The summed E-state index contributed by atoms with van der Waals surface area (Å²) in [6.45, 7) is 21.0. The highest BCUT2D eigenvalue weighted by molar-refractivity contribution is 6.03. The van der Waals surface area contributed by atoms with E-state index in [0.29, 0.717) is 11.1 Å². The molecule has 2 rings (SSSR count). The van der Waals surface area contributed by atoms with Gasteiger partial charge in [-0.15, -0.1) is 0 Å². The second-order valence-electron chi connectivity index (χ2n) is 4.09. The molecule has 0 N–H and O–H groups in total. The Hall–Kier alpha value is -3.15. The Morgan fingerprint density at radius 1 is 1.26 bits per heavy atom. The van der Waals surface area contributed by atoms with Crippen molar-refractivity contribution >= 4 is 17.2 Å². The Balaban J connectivity index is 2.64. The van der Waals surface area contributed by atoms with Gasteiger partial charge in [0.2, 0.25) is 0 Å². The van der Waals surface area contributed by atoms with Gasteiger partial charge in [0.15, 0.2) is 23.2 Å². The third-order valence-electron chi connectivity index (χ3n) is 3.15. The quantitative estimate of drug-likeness (QED) is 0.714. The predicted octanol–water partition coefficient (Wildman–Crippen LogP) is 3.27. The van der Waals surface area contributed by atoms with Crippen molar-refractivity contribution < 1.29 is 4.79 Å².